The number of carbonyl (C=O) groups is 3. The van der Waals surface area contributed by atoms with Gasteiger partial charge in [-0.2, -0.15) is 0 Å². The number of fused-ring (bicyclic) bond motifs is 4. The summed E-state index contributed by atoms with van der Waals surface area (Å²) in [6.45, 7) is 9.53. The Bertz CT molecular complexity index is 2050. The lowest BCUT2D eigenvalue weighted by molar-refractivity contribution is -0.140. The summed E-state index contributed by atoms with van der Waals surface area (Å²) in [6.07, 6.45) is 7.07. The Labute approximate surface area is 328 Å². The van der Waals surface area contributed by atoms with Gasteiger partial charge in [0.15, 0.2) is 0 Å². The van der Waals surface area contributed by atoms with Gasteiger partial charge in [0, 0.05) is 23.3 Å². The van der Waals surface area contributed by atoms with Crippen molar-refractivity contribution in [3.05, 3.63) is 42.1 Å². The maximum Gasteiger partial charge on any atom is 0.408 e. The predicted molar refractivity (Wildman–Crippen MR) is 207 cm³/mol. The summed E-state index contributed by atoms with van der Waals surface area (Å²) in [7, 11) is -2.24. The molecule has 3 aliphatic carbocycles. The van der Waals surface area contributed by atoms with Gasteiger partial charge >= 0.3 is 6.09 Å². The molecule has 0 radical (unpaired) electrons. The second kappa shape index (κ2) is 14.2. The van der Waals surface area contributed by atoms with E-state index in [4.69, 9.17) is 19.2 Å². The van der Waals surface area contributed by atoms with Gasteiger partial charge in [-0.1, -0.05) is 39.7 Å². The van der Waals surface area contributed by atoms with E-state index in [1.54, 1.807) is 18.1 Å². The van der Waals surface area contributed by atoms with Crippen LogP contribution in [0.4, 0.5) is 4.79 Å². The van der Waals surface area contributed by atoms with Crippen molar-refractivity contribution in [3.63, 3.8) is 0 Å². The highest BCUT2D eigenvalue weighted by Gasteiger charge is 2.63. The van der Waals surface area contributed by atoms with E-state index in [2.05, 4.69) is 21.9 Å². The second-order valence-corrected chi connectivity index (χ2v) is 20.0. The van der Waals surface area contributed by atoms with Crippen LogP contribution in [-0.4, -0.2) is 95.8 Å². The molecule has 2 aromatic rings. The first kappa shape index (κ1) is 38.9. The normalized spacial score (nSPS) is 32.4. The number of benzene rings is 1. The summed E-state index contributed by atoms with van der Waals surface area (Å²) in [6, 6.07) is 3.91. The first-order valence-electron chi connectivity index (χ1n) is 20.2. The quantitative estimate of drug-likeness (QED) is 0.224. The van der Waals surface area contributed by atoms with E-state index in [1.807, 2.05) is 39.0 Å². The minimum atomic E-state index is -3.87. The van der Waals surface area contributed by atoms with Crippen molar-refractivity contribution in [2.24, 2.45) is 17.3 Å². The smallest absolute Gasteiger partial charge is 0.408 e. The molecule has 15 heteroatoms. The van der Waals surface area contributed by atoms with Gasteiger partial charge in [-0.15, -0.1) is 6.58 Å². The molecule has 6 aliphatic rings. The third kappa shape index (κ3) is 7.34. The first-order chi connectivity index (χ1) is 26.6. The monoisotopic (exact) mass is 793 g/mol. The van der Waals surface area contributed by atoms with Crippen LogP contribution in [0.5, 0.6) is 11.5 Å². The maximum atomic E-state index is 14.9. The molecule has 4 fully saturated rings. The van der Waals surface area contributed by atoms with Crippen molar-refractivity contribution < 1.29 is 42.1 Å². The summed E-state index contributed by atoms with van der Waals surface area (Å²) >= 11 is 0. The molecule has 1 saturated heterocycles. The van der Waals surface area contributed by atoms with Gasteiger partial charge < -0.3 is 29.5 Å². The minimum absolute atomic E-state index is 0.0957. The van der Waals surface area contributed by atoms with E-state index < -0.39 is 74.0 Å². The molecule has 3 bridgehead atoms. The van der Waals surface area contributed by atoms with Crippen molar-refractivity contribution >= 4 is 38.8 Å². The Kier molecular flexibility index (Phi) is 9.83. The number of hydrogen-bond donors (Lipinski definition) is 4. The number of aryl methyl sites for hydroxylation is 2. The lowest BCUT2D eigenvalue weighted by atomic mass is 9.85. The molecule has 14 nitrogen and oxygen atoms in total. The number of sulfonamides is 1. The molecule has 3 amide bonds. The number of aliphatic hydroxyl groups excluding tert-OH is 1. The number of carbonyl (C=O) groups excluding carboxylic acids is 3. The summed E-state index contributed by atoms with van der Waals surface area (Å²) in [4.78, 5) is 48.7. The number of ether oxygens (including phenoxy) is 3. The molecule has 1 aromatic carbocycles. The number of alkyl carbamates (subject to hydrolysis) is 1. The average Bonchev–Trinajstić information content (AvgIpc) is 4.07. The number of aromatic nitrogens is 1. The highest BCUT2D eigenvalue weighted by atomic mass is 32.2. The molecule has 3 aliphatic heterocycles. The zero-order valence-corrected chi connectivity index (χ0v) is 33.6. The molecule has 56 heavy (non-hydrogen) atoms. The first-order valence-corrected chi connectivity index (χ1v) is 21.7. The Morgan fingerprint density at radius 2 is 1.95 bits per heavy atom. The van der Waals surface area contributed by atoms with Gasteiger partial charge in [-0.05, 0) is 87.3 Å². The van der Waals surface area contributed by atoms with Gasteiger partial charge in [-0.3, -0.25) is 19.6 Å². The van der Waals surface area contributed by atoms with E-state index in [-0.39, 0.29) is 31.4 Å². The van der Waals surface area contributed by atoms with Crippen LogP contribution in [0.2, 0.25) is 0 Å². The van der Waals surface area contributed by atoms with Gasteiger partial charge in [0.1, 0.15) is 41.0 Å². The molecule has 1 aromatic heterocycles. The largest absolute Gasteiger partial charge is 0.497 e. The van der Waals surface area contributed by atoms with Crippen LogP contribution in [-0.2, 0) is 37.2 Å². The average molecular weight is 794 g/mol. The van der Waals surface area contributed by atoms with E-state index >= 15 is 0 Å². The molecule has 8 atom stereocenters. The Balaban J connectivity index is 1.17. The van der Waals surface area contributed by atoms with E-state index in [0.717, 1.165) is 54.3 Å². The van der Waals surface area contributed by atoms with Gasteiger partial charge in [0.2, 0.25) is 15.9 Å². The van der Waals surface area contributed by atoms with Gasteiger partial charge in [0.05, 0.1) is 36.2 Å². The van der Waals surface area contributed by atoms with Crippen molar-refractivity contribution in [2.75, 3.05) is 13.7 Å². The second-order valence-electron chi connectivity index (χ2n) is 18.0. The third-order valence-electron chi connectivity index (χ3n) is 12.8. The fourth-order valence-electron chi connectivity index (χ4n) is 9.15. The van der Waals surface area contributed by atoms with Crippen molar-refractivity contribution in [1.29, 1.82) is 0 Å². The number of nitrogens with one attached hydrogen (secondary N) is 3. The molecule has 3 saturated carbocycles. The number of hydrogen-bond acceptors (Lipinski definition) is 11. The van der Waals surface area contributed by atoms with E-state index in [9.17, 15) is 27.9 Å². The van der Waals surface area contributed by atoms with Gasteiger partial charge in [-0.25, -0.2) is 18.2 Å². The van der Waals surface area contributed by atoms with Crippen molar-refractivity contribution in [2.45, 2.75) is 139 Å². The Morgan fingerprint density at radius 1 is 1.16 bits per heavy atom. The summed E-state index contributed by atoms with van der Waals surface area (Å²) in [5, 5.41) is 18.5. The highest BCUT2D eigenvalue weighted by molar-refractivity contribution is 7.91. The summed E-state index contributed by atoms with van der Waals surface area (Å²) < 4.78 is 46.4. The lowest BCUT2D eigenvalue weighted by Gasteiger charge is -2.38. The molecule has 304 valence electrons. The Morgan fingerprint density at radius 3 is 2.64 bits per heavy atom. The third-order valence-corrected chi connectivity index (χ3v) is 14.7. The maximum absolute atomic E-state index is 14.9. The molecule has 8 rings (SSSR count). The van der Waals surface area contributed by atoms with Crippen molar-refractivity contribution in [3.8, 4) is 11.5 Å². The zero-order valence-electron chi connectivity index (χ0n) is 32.8. The molecule has 4 N–H and O–H groups in total. The minimum Gasteiger partial charge on any atom is -0.497 e. The summed E-state index contributed by atoms with van der Waals surface area (Å²) in [5.41, 5.74) is -0.402. The fourth-order valence-corrected chi connectivity index (χ4v) is 10.5. The Hall–Kier alpha value is -3.95. The number of methoxy groups -OCH3 is 1. The fraction of sp³-hybridized carbons (Fsp3) is 0.659. The van der Waals surface area contributed by atoms with Crippen LogP contribution in [0.1, 0.15) is 96.2 Å². The van der Waals surface area contributed by atoms with E-state index in [0.29, 0.717) is 43.6 Å². The number of nitrogens with zero attached hydrogens (tertiary/aromatic N) is 2. The van der Waals surface area contributed by atoms with Crippen LogP contribution >= 0.6 is 0 Å². The zero-order chi connectivity index (χ0) is 39.8. The predicted octanol–water partition coefficient (Wildman–Crippen LogP) is 4.02. The van der Waals surface area contributed by atoms with Crippen LogP contribution < -0.4 is 24.8 Å². The van der Waals surface area contributed by atoms with E-state index in [1.165, 1.54) is 0 Å². The molecule has 4 heterocycles. The molecule has 1 unspecified atom stereocenters. The molecular weight excluding hydrogens is 739 g/mol. The lowest BCUT2D eigenvalue weighted by Crippen LogP contribution is -2.61. The van der Waals surface area contributed by atoms with Gasteiger partial charge in [0.25, 0.3) is 5.91 Å². The number of pyridine rings is 1. The van der Waals surface area contributed by atoms with Crippen LogP contribution in [0.15, 0.2) is 30.9 Å². The molecule has 1 spiro atoms. The number of rotatable bonds is 8. The number of aliphatic hydroxyl groups is 1. The summed E-state index contributed by atoms with van der Waals surface area (Å²) in [5.74, 6) is 0.0560. The molecular formula is C41H55N5O9S. The van der Waals surface area contributed by atoms with Crippen molar-refractivity contribution in [1.82, 2.24) is 25.2 Å². The van der Waals surface area contributed by atoms with Crippen LogP contribution in [0.25, 0.3) is 10.9 Å². The van der Waals surface area contributed by atoms with Crippen LogP contribution in [0.3, 0.4) is 0 Å². The topological polar surface area (TPSA) is 185 Å². The number of amides is 3. The standard InChI is InChI=1S/C41H55N5O9S/c1-6-24-20-41(24,37(49)45-56(51,52)26-13-14-26)44-35(47)31-21-40-17-16-27-28-19-25(53-5)12-15-29(28)42-30(33(27)55-40)11-9-7-8-10-23-18-32(23)54-38(50)43-34(39(2,3)4)36(48)46(31)22-40/h6,12,15,19,23-24,26,31-32,34-35,44,47H,1,7-11,13-14,16-18,20-22H2,2-5H3,(H,43,50)(H,45,49)/t23-,24-,31+,32-,34-,35?,40-,41-/m1/s1. The SMILES string of the molecule is C=C[C@@H]1C[C@]1(NC(O)[C@@H]1C[C@]23CCc4c(c(nc5ccc(OC)cc45)CCCCC[C@@H]4C[C@H]4OC(=O)N[C@@H](C(C)(C)C)C(=O)N1C2)O3)C(=O)NS(=O)(=O)C1CC1. The van der Waals surface area contributed by atoms with Crippen LogP contribution in [0, 0.1) is 17.3 Å². The highest BCUT2D eigenvalue weighted by Crippen LogP contribution is 2.49.